The molecule has 0 heteroatoms. The van der Waals surface area contributed by atoms with E-state index in [0.29, 0.717) is 0 Å². The average Bonchev–Trinajstić information content (AvgIpc) is 1.77. The number of rotatable bonds is 0. The van der Waals surface area contributed by atoms with Crippen LogP contribution in [0.5, 0.6) is 0 Å². The maximum Gasteiger partial charge on any atom is 0.190 e. The third-order valence-electron chi connectivity index (χ3n) is 2.02. The van der Waals surface area contributed by atoms with Crippen LogP contribution in [0.2, 0.25) is 0 Å². The number of hydrogen-bond acceptors (Lipinski definition) is 0. The van der Waals surface area contributed by atoms with Crippen LogP contribution in [-0.2, 0) is 0 Å². The average molecular weight is 130 g/mol. The second-order valence-corrected chi connectivity index (χ2v) is 2.97. The zero-order valence-electron chi connectivity index (χ0n) is 6.36. The molecule has 0 aromatic rings. The molecule has 0 amide bonds. The molecule has 50 valence electrons. The third kappa shape index (κ3) is 0.630. The monoisotopic (exact) mass is 130 g/mol. The van der Waals surface area contributed by atoms with E-state index in [0.717, 1.165) is 6.42 Å². The number of hydrogen-bond donors (Lipinski definition) is 0. The van der Waals surface area contributed by atoms with Gasteiger partial charge in [-0.2, -0.15) is 0 Å². The minimum absolute atomic E-state index is 1.05. The van der Waals surface area contributed by atoms with Gasteiger partial charge in [-0.1, -0.05) is 13.0 Å². The highest BCUT2D eigenvalue weighted by Crippen LogP contribution is 2.36. The predicted molar refractivity (Wildman–Crippen MR) is 42.1 cm³/mol. The van der Waals surface area contributed by atoms with E-state index in [2.05, 4.69) is 32.1 Å². The number of allylic oxidation sites excluding steroid dienone is 6. The number of fused-ring (bicyclic) bond motifs is 1. The van der Waals surface area contributed by atoms with Gasteiger partial charge >= 0.3 is 0 Å². The van der Waals surface area contributed by atoms with Gasteiger partial charge in [0.25, 0.3) is 0 Å². The maximum atomic E-state index is 3.28. The normalized spacial score (nSPS) is 21.4. The van der Waals surface area contributed by atoms with E-state index in [1.165, 1.54) is 22.6 Å². The van der Waals surface area contributed by atoms with Crippen LogP contribution < -0.4 is 0 Å². The molecule has 0 heterocycles. The fourth-order valence-corrected chi connectivity index (χ4v) is 1.52. The Bertz CT molecular complexity index is 251. The third-order valence-corrected chi connectivity index (χ3v) is 2.02. The zero-order valence-corrected chi connectivity index (χ0v) is 6.36. The summed E-state index contributed by atoms with van der Waals surface area (Å²) in [5, 5.41) is 0. The molecule has 2 aliphatic rings. The lowest BCUT2D eigenvalue weighted by Crippen LogP contribution is -2.08. The SMILES string of the molecule is CC1=C[C-](C)C=C2C[C+]=C12. The van der Waals surface area contributed by atoms with E-state index < -0.39 is 0 Å². The lowest BCUT2D eigenvalue weighted by Gasteiger charge is -2.17. The van der Waals surface area contributed by atoms with Crippen molar-refractivity contribution in [3.8, 4) is 0 Å². The van der Waals surface area contributed by atoms with E-state index in [4.69, 9.17) is 0 Å². The topological polar surface area (TPSA) is 0 Å². The molecule has 0 aromatic heterocycles. The van der Waals surface area contributed by atoms with Crippen molar-refractivity contribution in [2.45, 2.75) is 20.3 Å². The molecule has 0 atom stereocenters. The Morgan fingerprint density at radius 2 is 2.30 bits per heavy atom. The van der Waals surface area contributed by atoms with E-state index in [1.807, 2.05) is 0 Å². The quantitative estimate of drug-likeness (QED) is 0.442. The molecule has 0 nitrogen and oxygen atoms in total. The van der Waals surface area contributed by atoms with E-state index >= 15 is 0 Å². The molecular weight excluding hydrogens is 120 g/mol. The molecule has 2 rings (SSSR count). The van der Waals surface area contributed by atoms with Gasteiger partial charge in [-0.05, 0) is 6.08 Å². The molecule has 0 radical (unpaired) electrons. The van der Waals surface area contributed by atoms with Gasteiger partial charge in [0.2, 0.25) is 0 Å². The summed E-state index contributed by atoms with van der Waals surface area (Å²) in [7, 11) is 0. The maximum absolute atomic E-state index is 3.28. The minimum Gasteiger partial charge on any atom is -0.108 e. The van der Waals surface area contributed by atoms with Crippen molar-refractivity contribution in [3.05, 3.63) is 40.9 Å². The van der Waals surface area contributed by atoms with Crippen molar-refractivity contribution < 1.29 is 0 Å². The second-order valence-electron chi connectivity index (χ2n) is 2.97. The minimum atomic E-state index is 1.05. The van der Waals surface area contributed by atoms with Gasteiger partial charge in [0.1, 0.15) is 6.42 Å². The van der Waals surface area contributed by atoms with E-state index in [-0.39, 0.29) is 0 Å². The first-order chi connectivity index (χ1) is 4.77. The van der Waals surface area contributed by atoms with Gasteiger partial charge in [0, 0.05) is 13.0 Å². The Hall–Kier alpha value is -1.00. The molecule has 0 saturated heterocycles. The van der Waals surface area contributed by atoms with Gasteiger partial charge in [0.05, 0.1) is 11.1 Å². The molecule has 0 bridgehead atoms. The van der Waals surface area contributed by atoms with Crippen LogP contribution in [-0.4, -0.2) is 0 Å². The first kappa shape index (κ1) is 5.76. The summed E-state index contributed by atoms with van der Waals surface area (Å²) in [6.45, 7) is 4.30. The fourth-order valence-electron chi connectivity index (χ4n) is 1.52. The Morgan fingerprint density at radius 1 is 1.50 bits per heavy atom. The van der Waals surface area contributed by atoms with Crippen LogP contribution in [0.4, 0.5) is 0 Å². The molecule has 0 aromatic carbocycles. The Labute approximate surface area is 61.9 Å². The lowest BCUT2D eigenvalue weighted by molar-refractivity contribution is 1.01. The summed E-state index contributed by atoms with van der Waals surface area (Å²) in [6, 6.07) is 0. The van der Waals surface area contributed by atoms with Gasteiger partial charge in [-0.25, -0.2) is 0 Å². The van der Waals surface area contributed by atoms with Crippen LogP contribution in [0.3, 0.4) is 0 Å². The Morgan fingerprint density at radius 3 is 2.80 bits per heavy atom. The summed E-state index contributed by atoms with van der Waals surface area (Å²) >= 11 is 0. The molecule has 0 saturated carbocycles. The lowest BCUT2D eigenvalue weighted by atomic mass is 9.80. The summed E-state index contributed by atoms with van der Waals surface area (Å²) in [5.41, 5.74) is 4.20. The zero-order chi connectivity index (χ0) is 7.14. The van der Waals surface area contributed by atoms with E-state index in [1.54, 1.807) is 0 Å². The van der Waals surface area contributed by atoms with Gasteiger partial charge < -0.3 is 0 Å². The van der Waals surface area contributed by atoms with Crippen molar-refractivity contribution in [3.63, 3.8) is 0 Å². The second kappa shape index (κ2) is 1.74. The predicted octanol–water partition coefficient (Wildman–Crippen LogP) is 2.60. The van der Waals surface area contributed by atoms with E-state index in [9.17, 15) is 0 Å². The standard InChI is InChI=1S/C10H10/c1-7-5-8(2)10-4-3-9(10)6-7/h5-6H,3H2,1-2H3. The molecule has 0 spiro atoms. The molecule has 2 aliphatic carbocycles. The van der Waals surface area contributed by atoms with Crippen molar-refractivity contribution in [2.75, 3.05) is 0 Å². The summed E-state index contributed by atoms with van der Waals surface area (Å²) in [4.78, 5) is 0. The Balaban J connectivity index is 2.40. The van der Waals surface area contributed by atoms with Gasteiger partial charge in [0.15, 0.2) is 5.57 Å². The van der Waals surface area contributed by atoms with Crippen molar-refractivity contribution in [1.29, 1.82) is 0 Å². The smallest absolute Gasteiger partial charge is 0.108 e. The van der Waals surface area contributed by atoms with Crippen LogP contribution in [0, 0.1) is 12.0 Å². The highest BCUT2D eigenvalue weighted by molar-refractivity contribution is 5.58. The van der Waals surface area contributed by atoms with Crippen molar-refractivity contribution in [1.82, 2.24) is 0 Å². The van der Waals surface area contributed by atoms with Crippen LogP contribution >= 0.6 is 0 Å². The van der Waals surface area contributed by atoms with Crippen molar-refractivity contribution in [2.24, 2.45) is 0 Å². The first-order valence-electron chi connectivity index (χ1n) is 3.61. The fraction of sp³-hybridized carbons (Fsp3) is 0.300. The highest BCUT2D eigenvalue weighted by Gasteiger charge is 2.30. The summed E-state index contributed by atoms with van der Waals surface area (Å²) in [6.07, 6.45) is 8.80. The van der Waals surface area contributed by atoms with Crippen LogP contribution in [0.1, 0.15) is 20.3 Å². The molecule has 0 unspecified atom stereocenters. The molecule has 0 aliphatic heterocycles. The van der Waals surface area contributed by atoms with Gasteiger partial charge in [-0.3, -0.25) is 0 Å². The first-order valence-corrected chi connectivity index (χ1v) is 3.61. The molecule has 0 N–H and O–H groups in total. The van der Waals surface area contributed by atoms with Crippen molar-refractivity contribution >= 4 is 0 Å². The Kier molecular flexibility index (Phi) is 1.00. The van der Waals surface area contributed by atoms with Crippen LogP contribution in [0.15, 0.2) is 28.9 Å². The summed E-state index contributed by atoms with van der Waals surface area (Å²) < 4.78 is 0. The molecular formula is C10H10. The highest BCUT2D eigenvalue weighted by atomic mass is 14.2. The van der Waals surface area contributed by atoms with Gasteiger partial charge in [-0.15, -0.1) is 5.92 Å². The molecule has 10 heavy (non-hydrogen) atoms. The summed E-state index contributed by atoms with van der Waals surface area (Å²) in [5.74, 6) is 1.37. The molecule has 0 fully saturated rings. The van der Waals surface area contributed by atoms with Crippen LogP contribution in [0.25, 0.3) is 0 Å². The largest absolute Gasteiger partial charge is 0.190 e.